The van der Waals surface area contributed by atoms with Gasteiger partial charge in [-0.25, -0.2) is 4.98 Å². The smallest absolute Gasteiger partial charge is 0.291 e. The molecule has 7 heteroatoms. The third kappa shape index (κ3) is 3.34. The zero-order chi connectivity index (χ0) is 12.0. The highest BCUT2D eigenvalue weighted by molar-refractivity contribution is 5.93. The van der Waals surface area contributed by atoms with E-state index in [0.717, 1.165) is 12.8 Å². The van der Waals surface area contributed by atoms with Gasteiger partial charge in [0, 0.05) is 6.54 Å². The van der Waals surface area contributed by atoms with Crippen LogP contribution < -0.4 is 5.73 Å². The molecule has 0 fully saturated rings. The van der Waals surface area contributed by atoms with E-state index >= 15 is 0 Å². The molecule has 0 spiro atoms. The molecule has 0 atom stereocenters. The number of nitrogens with two attached hydrogens (primary N) is 1. The maximum absolute atomic E-state index is 11.8. The second-order valence-electron chi connectivity index (χ2n) is 3.38. The second kappa shape index (κ2) is 5.84. The van der Waals surface area contributed by atoms with Gasteiger partial charge in [0.05, 0.1) is 6.54 Å². The van der Waals surface area contributed by atoms with Crippen molar-refractivity contribution in [3.05, 3.63) is 12.2 Å². The Balaban J connectivity index is 2.67. The lowest BCUT2D eigenvalue weighted by Crippen LogP contribution is -2.39. The SMILES string of the molecule is CCCCN(CC(N)=O)C(=O)c1ncn[nH]1. The number of hydrogen-bond acceptors (Lipinski definition) is 4. The van der Waals surface area contributed by atoms with Crippen LogP contribution in [0.4, 0.5) is 0 Å². The molecule has 0 aliphatic rings. The second-order valence-corrected chi connectivity index (χ2v) is 3.38. The van der Waals surface area contributed by atoms with Crippen LogP contribution >= 0.6 is 0 Å². The quantitative estimate of drug-likeness (QED) is 0.682. The van der Waals surface area contributed by atoms with Gasteiger partial charge in [0.2, 0.25) is 11.7 Å². The fourth-order valence-electron chi connectivity index (χ4n) is 1.25. The summed E-state index contributed by atoms with van der Waals surface area (Å²) in [6.07, 6.45) is 2.99. The van der Waals surface area contributed by atoms with E-state index in [1.165, 1.54) is 11.2 Å². The van der Waals surface area contributed by atoms with Crippen LogP contribution in [-0.2, 0) is 4.79 Å². The van der Waals surface area contributed by atoms with Crippen LogP contribution in [0, 0.1) is 0 Å². The monoisotopic (exact) mass is 225 g/mol. The van der Waals surface area contributed by atoms with Crippen LogP contribution in [0.25, 0.3) is 0 Å². The van der Waals surface area contributed by atoms with E-state index in [0.29, 0.717) is 6.54 Å². The standard InChI is InChI=1S/C9H15N5O2/c1-2-3-4-14(5-7(10)15)9(16)8-11-6-12-13-8/h6H,2-5H2,1H3,(H2,10,15)(H,11,12,13). The lowest BCUT2D eigenvalue weighted by Gasteiger charge is -2.19. The van der Waals surface area contributed by atoms with Crippen molar-refractivity contribution < 1.29 is 9.59 Å². The number of amides is 2. The first-order valence-electron chi connectivity index (χ1n) is 5.08. The molecule has 0 aliphatic carbocycles. The zero-order valence-electron chi connectivity index (χ0n) is 9.14. The van der Waals surface area contributed by atoms with Gasteiger partial charge in [0.15, 0.2) is 0 Å². The highest BCUT2D eigenvalue weighted by Gasteiger charge is 2.19. The molecule has 0 unspecified atom stereocenters. The summed E-state index contributed by atoms with van der Waals surface area (Å²) in [4.78, 5) is 27.8. The number of primary amides is 1. The van der Waals surface area contributed by atoms with Crippen molar-refractivity contribution in [1.82, 2.24) is 20.1 Å². The van der Waals surface area contributed by atoms with Crippen LogP contribution in [0.15, 0.2) is 6.33 Å². The Bertz CT molecular complexity index is 349. The van der Waals surface area contributed by atoms with Crippen molar-refractivity contribution >= 4 is 11.8 Å². The molecule has 0 aliphatic heterocycles. The van der Waals surface area contributed by atoms with Gasteiger partial charge in [0.25, 0.3) is 5.91 Å². The molecule has 3 N–H and O–H groups in total. The molecule has 0 bridgehead atoms. The number of unbranched alkanes of at least 4 members (excludes halogenated alkanes) is 1. The Morgan fingerprint density at radius 2 is 2.31 bits per heavy atom. The first kappa shape index (κ1) is 12.2. The van der Waals surface area contributed by atoms with E-state index in [1.807, 2.05) is 6.92 Å². The zero-order valence-corrected chi connectivity index (χ0v) is 9.14. The molecular weight excluding hydrogens is 210 g/mol. The van der Waals surface area contributed by atoms with Gasteiger partial charge >= 0.3 is 0 Å². The van der Waals surface area contributed by atoms with Crippen molar-refractivity contribution in [1.29, 1.82) is 0 Å². The van der Waals surface area contributed by atoms with Crippen LogP contribution in [0.2, 0.25) is 0 Å². The summed E-state index contributed by atoms with van der Waals surface area (Å²) >= 11 is 0. The van der Waals surface area contributed by atoms with Crippen molar-refractivity contribution in [3.8, 4) is 0 Å². The maximum atomic E-state index is 11.8. The van der Waals surface area contributed by atoms with Crippen molar-refractivity contribution in [2.45, 2.75) is 19.8 Å². The fraction of sp³-hybridized carbons (Fsp3) is 0.556. The number of rotatable bonds is 6. The molecule has 0 aromatic carbocycles. The van der Waals surface area contributed by atoms with Gasteiger partial charge in [-0.3, -0.25) is 14.7 Å². The predicted octanol–water partition coefficient (Wildman–Crippen LogP) is -0.468. The summed E-state index contributed by atoms with van der Waals surface area (Å²) in [5, 5.41) is 6.05. The maximum Gasteiger partial charge on any atom is 0.291 e. The summed E-state index contributed by atoms with van der Waals surface area (Å²) < 4.78 is 0. The van der Waals surface area contributed by atoms with Crippen LogP contribution in [0.3, 0.4) is 0 Å². The third-order valence-corrected chi connectivity index (χ3v) is 2.03. The van der Waals surface area contributed by atoms with Crippen LogP contribution in [0.1, 0.15) is 30.4 Å². The van der Waals surface area contributed by atoms with Crippen molar-refractivity contribution in [2.75, 3.05) is 13.1 Å². The summed E-state index contributed by atoms with van der Waals surface area (Å²) in [5.74, 6) is -0.772. The molecule has 1 heterocycles. The molecule has 0 saturated heterocycles. The highest BCUT2D eigenvalue weighted by atomic mass is 16.2. The third-order valence-electron chi connectivity index (χ3n) is 2.03. The largest absolute Gasteiger partial charge is 0.368 e. The van der Waals surface area contributed by atoms with Gasteiger partial charge in [-0.05, 0) is 6.42 Å². The summed E-state index contributed by atoms with van der Waals surface area (Å²) in [7, 11) is 0. The Morgan fingerprint density at radius 1 is 1.56 bits per heavy atom. The number of nitrogens with one attached hydrogen (secondary N) is 1. The molecule has 16 heavy (non-hydrogen) atoms. The Labute approximate surface area is 93.0 Å². The average Bonchev–Trinajstić information content (AvgIpc) is 2.76. The average molecular weight is 225 g/mol. The first-order valence-corrected chi connectivity index (χ1v) is 5.08. The lowest BCUT2D eigenvalue weighted by atomic mass is 10.3. The number of hydrogen-bond donors (Lipinski definition) is 2. The van der Waals surface area contributed by atoms with Gasteiger partial charge in [0.1, 0.15) is 6.33 Å². The molecule has 1 aromatic heterocycles. The molecular formula is C9H15N5O2. The summed E-state index contributed by atoms with van der Waals surface area (Å²) in [6.45, 7) is 2.39. The number of aromatic amines is 1. The minimum Gasteiger partial charge on any atom is -0.368 e. The molecule has 0 saturated carbocycles. The molecule has 1 aromatic rings. The van der Waals surface area contributed by atoms with E-state index in [1.54, 1.807) is 0 Å². The summed E-state index contributed by atoms with van der Waals surface area (Å²) in [5.41, 5.74) is 5.08. The van der Waals surface area contributed by atoms with E-state index in [9.17, 15) is 9.59 Å². The number of nitrogens with zero attached hydrogens (tertiary/aromatic N) is 3. The number of H-pyrrole nitrogens is 1. The van der Waals surface area contributed by atoms with E-state index in [4.69, 9.17) is 5.73 Å². The first-order chi connectivity index (χ1) is 7.65. The van der Waals surface area contributed by atoms with Gasteiger partial charge < -0.3 is 10.6 Å². The molecule has 88 valence electrons. The van der Waals surface area contributed by atoms with Gasteiger partial charge in [-0.1, -0.05) is 13.3 Å². The number of carbonyl (C=O) groups is 2. The topological polar surface area (TPSA) is 105 Å². The predicted molar refractivity (Wildman–Crippen MR) is 56.4 cm³/mol. The number of aromatic nitrogens is 3. The Kier molecular flexibility index (Phi) is 4.43. The normalized spacial score (nSPS) is 10.1. The minimum atomic E-state index is -0.538. The minimum absolute atomic E-state index is 0.0977. The Hall–Kier alpha value is -1.92. The molecule has 0 radical (unpaired) electrons. The summed E-state index contributed by atoms with van der Waals surface area (Å²) in [6, 6.07) is 0. The van der Waals surface area contributed by atoms with E-state index in [-0.39, 0.29) is 18.3 Å². The van der Waals surface area contributed by atoms with Gasteiger partial charge in [-0.15, -0.1) is 0 Å². The lowest BCUT2D eigenvalue weighted by molar-refractivity contribution is -0.118. The number of carbonyl (C=O) groups excluding carboxylic acids is 2. The van der Waals surface area contributed by atoms with Crippen LogP contribution in [-0.4, -0.2) is 45.0 Å². The van der Waals surface area contributed by atoms with E-state index in [2.05, 4.69) is 15.2 Å². The highest BCUT2D eigenvalue weighted by Crippen LogP contribution is 2.00. The van der Waals surface area contributed by atoms with Gasteiger partial charge in [-0.2, -0.15) is 5.10 Å². The fourth-order valence-corrected chi connectivity index (χ4v) is 1.25. The van der Waals surface area contributed by atoms with Crippen molar-refractivity contribution in [2.24, 2.45) is 5.73 Å². The molecule has 1 rings (SSSR count). The molecule has 7 nitrogen and oxygen atoms in total. The molecule has 2 amide bonds. The van der Waals surface area contributed by atoms with E-state index < -0.39 is 5.91 Å². The van der Waals surface area contributed by atoms with Crippen LogP contribution in [0.5, 0.6) is 0 Å². The Morgan fingerprint density at radius 3 is 2.81 bits per heavy atom. The van der Waals surface area contributed by atoms with Crippen molar-refractivity contribution in [3.63, 3.8) is 0 Å².